The monoisotopic (exact) mass is 278 g/mol. The van der Waals surface area contributed by atoms with Crippen molar-refractivity contribution >= 4 is 5.97 Å². The first-order valence-electron chi connectivity index (χ1n) is 8.08. The van der Waals surface area contributed by atoms with E-state index in [0.717, 1.165) is 12.8 Å². The van der Waals surface area contributed by atoms with Gasteiger partial charge in [0.25, 0.3) is 0 Å². The topological polar surface area (TPSA) is 35.5 Å². The molecule has 3 heteroatoms. The normalized spacial score (nSPS) is 40.3. The highest BCUT2D eigenvalue weighted by Crippen LogP contribution is 2.51. The first-order chi connectivity index (χ1) is 9.64. The lowest BCUT2D eigenvalue weighted by molar-refractivity contribution is -0.181. The Morgan fingerprint density at radius 1 is 1.35 bits per heavy atom. The van der Waals surface area contributed by atoms with Crippen molar-refractivity contribution in [1.29, 1.82) is 0 Å². The minimum Gasteiger partial charge on any atom is -0.469 e. The zero-order valence-electron chi connectivity index (χ0n) is 12.7. The van der Waals surface area contributed by atoms with E-state index in [4.69, 9.17) is 9.47 Å². The molecule has 0 amide bonds. The maximum Gasteiger partial charge on any atom is 0.308 e. The molecule has 0 bridgehead atoms. The van der Waals surface area contributed by atoms with Crippen LogP contribution in [0.25, 0.3) is 0 Å². The van der Waals surface area contributed by atoms with Crippen molar-refractivity contribution < 1.29 is 14.3 Å². The van der Waals surface area contributed by atoms with Crippen molar-refractivity contribution in [2.45, 2.75) is 70.0 Å². The molecule has 3 rings (SSSR count). The number of carbonyl (C=O) groups is 1. The summed E-state index contributed by atoms with van der Waals surface area (Å²) < 4.78 is 11.4. The summed E-state index contributed by atoms with van der Waals surface area (Å²) in [4.78, 5) is 11.8. The van der Waals surface area contributed by atoms with Gasteiger partial charge in [-0.2, -0.15) is 0 Å². The lowest BCUT2D eigenvalue weighted by Crippen LogP contribution is -2.53. The van der Waals surface area contributed by atoms with Gasteiger partial charge in [0.2, 0.25) is 0 Å². The molecule has 1 aliphatic heterocycles. The molecule has 1 saturated heterocycles. The first kappa shape index (κ1) is 14.1. The average molecular weight is 278 g/mol. The van der Waals surface area contributed by atoms with Crippen LogP contribution in [0.1, 0.15) is 58.3 Å². The average Bonchev–Trinajstić information content (AvgIpc) is 2.47. The van der Waals surface area contributed by atoms with Crippen LogP contribution in [0, 0.1) is 11.8 Å². The fourth-order valence-electron chi connectivity index (χ4n) is 4.54. The van der Waals surface area contributed by atoms with Crippen LogP contribution in [0.4, 0.5) is 0 Å². The van der Waals surface area contributed by atoms with Gasteiger partial charge in [-0.3, -0.25) is 4.79 Å². The van der Waals surface area contributed by atoms with Crippen LogP contribution in [0.15, 0.2) is 11.6 Å². The summed E-state index contributed by atoms with van der Waals surface area (Å²) in [6.45, 7) is 2.12. The third-order valence-electron chi connectivity index (χ3n) is 5.49. The summed E-state index contributed by atoms with van der Waals surface area (Å²) >= 11 is 0. The number of rotatable bonds is 2. The molecular formula is C17H26O3. The Morgan fingerprint density at radius 2 is 2.15 bits per heavy atom. The maximum absolute atomic E-state index is 11.8. The molecule has 0 radical (unpaired) electrons. The largest absolute Gasteiger partial charge is 0.469 e. The quantitative estimate of drug-likeness (QED) is 0.571. The summed E-state index contributed by atoms with van der Waals surface area (Å²) in [6.07, 6.45) is 11.7. The molecule has 20 heavy (non-hydrogen) atoms. The highest BCUT2D eigenvalue weighted by molar-refractivity contribution is 5.70. The minimum absolute atomic E-state index is 0.147. The molecule has 0 spiro atoms. The Labute approximate surface area is 121 Å². The van der Waals surface area contributed by atoms with E-state index < -0.39 is 0 Å². The van der Waals surface area contributed by atoms with Crippen LogP contribution in [0.3, 0.4) is 0 Å². The van der Waals surface area contributed by atoms with Gasteiger partial charge in [0.1, 0.15) is 0 Å². The molecule has 0 aromatic rings. The standard InChI is InChI=1S/C17H26O3/c1-17(11-16(18)19-2)14-9-5-3-7-12(14)13-8-4-6-10-15(13)20-17/h7,13-15H,3-6,8-11H2,1-2H3/t13-,14-,15+,17-/m1/s1. The third kappa shape index (κ3) is 2.41. The Bertz CT molecular complexity index is 414. The van der Waals surface area contributed by atoms with Crippen LogP contribution in [0.2, 0.25) is 0 Å². The predicted octanol–water partition coefficient (Wildman–Crippen LogP) is 3.62. The molecule has 2 fully saturated rings. The van der Waals surface area contributed by atoms with Crippen LogP contribution < -0.4 is 0 Å². The van der Waals surface area contributed by atoms with E-state index in [9.17, 15) is 4.79 Å². The Balaban J connectivity index is 1.89. The van der Waals surface area contributed by atoms with E-state index in [-0.39, 0.29) is 11.6 Å². The molecular weight excluding hydrogens is 252 g/mol. The smallest absolute Gasteiger partial charge is 0.308 e. The Kier molecular flexibility index (Phi) is 3.89. The summed E-state index contributed by atoms with van der Waals surface area (Å²) in [5, 5.41) is 0. The number of hydrogen-bond donors (Lipinski definition) is 0. The number of esters is 1. The highest BCUT2D eigenvalue weighted by atomic mass is 16.5. The van der Waals surface area contributed by atoms with E-state index in [2.05, 4.69) is 13.0 Å². The fraction of sp³-hybridized carbons (Fsp3) is 0.824. The summed E-state index contributed by atoms with van der Waals surface area (Å²) in [5.41, 5.74) is 1.23. The van der Waals surface area contributed by atoms with E-state index in [1.807, 2.05) is 0 Å². The van der Waals surface area contributed by atoms with Gasteiger partial charge >= 0.3 is 5.97 Å². The van der Waals surface area contributed by atoms with Crippen molar-refractivity contribution in [3.63, 3.8) is 0 Å². The molecule has 0 aromatic carbocycles. The van der Waals surface area contributed by atoms with Crippen molar-refractivity contribution in [1.82, 2.24) is 0 Å². The van der Waals surface area contributed by atoms with Gasteiger partial charge in [-0.25, -0.2) is 0 Å². The summed E-state index contributed by atoms with van der Waals surface area (Å²) in [6, 6.07) is 0. The molecule has 3 nitrogen and oxygen atoms in total. The van der Waals surface area contributed by atoms with Crippen molar-refractivity contribution in [2.75, 3.05) is 7.11 Å². The van der Waals surface area contributed by atoms with Gasteiger partial charge in [-0.15, -0.1) is 0 Å². The van der Waals surface area contributed by atoms with E-state index in [1.165, 1.54) is 39.2 Å². The number of methoxy groups -OCH3 is 1. The van der Waals surface area contributed by atoms with Crippen LogP contribution in [-0.4, -0.2) is 24.8 Å². The Hall–Kier alpha value is -0.830. The van der Waals surface area contributed by atoms with Gasteiger partial charge in [0, 0.05) is 11.8 Å². The SMILES string of the molecule is COC(=O)C[C@@]1(C)O[C@H]2CCCC[C@@H]2C2=CCCC[C@H]21. The van der Waals surface area contributed by atoms with Crippen molar-refractivity contribution in [2.24, 2.45) is 11.8 Å². The minimum atomic E-state index is -0.363. The predicted molar refractivity (Wildman–Crippen MR) is 77.3 cm³/mol. The highest BCUT2D eigenvalue weighted by Gasteiger charge is 2.50. The fourth-order valence-corrected chi connectivity index (χ4v) is 4.54. The molecule has 1 heterocycles. The third-order valence-corrected chi connectivity index (χ3v) is 5.49. The van der Waals surface area contributed by atoms with E-state index in [1.54, 1.807) is 5.57 Å². The van der Waals surface area contributed by atoms with Gasteiger partial charge in [-0.1, -0.05) is 24.5 Å². The lowest BCUT2D eigenvalue weighted by Gasteiger charge is -2.52. The van der Waals surface area contributed by atoms with Gasteiger partial charge in [0.05, 0.1) is 25.2 Å². The van der Waals surface area contributed by atoms with Crippen LogP contribution >= 0.6 is 0 Å². The molecule has 0 aromatic heterocycles. The number of carbonyl (C=O) groups excluding carboxylic acids is 1. The van der Waals surface area contributed by atoms with Crippen molar-refractivity contribution in [3.8, 4) is 0 Å². The molecule has 0 N–H and O–H groups in total. The molecule has 4 atom stereocenters. The van der Waals surface area contributed by atoms with Crippen molar-refractivity contribution in [3.05, 3.63) is 11.6 Å². The zero-order chi connectivity index (χ0) is 14.2. The number of hydrogen-bond acceptors (Lipinski definition) is 3. The van der Waals surface area contributed by atoms with Crippen LogP contribution in [-0.2, 0) is 14.3 Å². The second-order valence-corrected chi connectivity index (χ2v) is 6.80. The zero-order valence-corrected chi connectivity index (χ0v) is 12.7. The first-order valence-corrected chi connectivity index (χ1v) is 8.08. The number of fused-ring (bicyclic) bond motifs is 3. The van der Waals surface area contributed by atoms with Gasteiger partial charge < -0.3 is 9.47 Å². The summed E-state index contributed by atoms with van der Waals surface area (Å²) in [5.74, 6) is 0.876. The molecule has 112 valence electrons. The molecule has 3 aliphatic rings. The number of ether oxygens (including phenoxy) is 2. The van der Waals surface area contributed by atoms with Gasteiger partial charge in [-0.05, 0) is 39.0 Å². The van der Waals surface area contributed by atoms with Crippen LogP contribution in [0.5, 0.6) is 0 Å². The maximum atomic E-state index is 11.8. The lowest BCUT2D eigenvalue weighted by atomic mass is 9.64. The number of allylic oxidation sites excluding steroid dienone is 1. The Morgan fingerprint density at radius 3 is 2.95 bits per heavy atom. The second kappa shape index (κ2) is 5.51. The molecule has 2 aliphatic carbocycles. The molecule has 0 unspecified atom stereocenters. The summed E-state index contributed by atoms with van der Waals surface area (Å²) in [7, 11) is 1.47. The second-order valence-electron chi connectivity index (χ2n) is 6.80. The van der Waals surface area contributed by atoms with Gasteiger partial charge in [0.15, 0.2) is 0 Å². The van der Waals surface area contributed by atoms with E-state index in [0.29, 0.717) is 24.4 Å². The van der Waals surface area contributed by atoms with E-state index >= 15 is 0 Å². The molecule has 1 saturated carbocycles.